The van der Waals surface area contributed by atoms with Crippen LogP contribution < -0.4 is 4.74 Å². The fourth-order valence-electron chi connectivity index (χ4n) is 3.57. The summed E-state index contributed by atoms with van der Waals surface area (Å²) in [6, 6.07) is 11.3. The minimum Gasteiger partial charge on any atom is -0.482 e. The van der Waals surface area contributed by atoms with Gasteiger partial charge in [0, 0.05) is 11.6 Å². The number of benzene rings is 2. The Morgan fingerprint density at radius 3 is 2.89 bits per heavy atom. The summed E-state index contributed by atoms with van der Waals surface area (Å²) in [5, 5.41) is 9.92. The predicted octanol–water partition coefficient (Wildman–Crippen LogP) is 3.29. The summed E-state index contributed by atoms with van der Waals surface area (Å²) < 4.78 is 12.7. The van der Waals surface area contributed by atoms with E-state index in [1.165, 1.54) is 17.5 Å². The maximum absolute atomic E-state index is 12.1. The van der Waals surface area contributed by atoms with Gasteiger partial charge in [0.25, 0.3) is 0 Å². The van der Waals surface area contributed by atoms with Gasteiger partial charge in [-0.25, -0.2) is 9.78 Å². The van der Waals surface area contributed by atoms with Crippen LogP contribution in [0, 0.1) is 0 Å². The Morgan fingerprint density at radius 1 is 1.18 bits per heavy atom. The number of hydrogen-bond donors (Lipinski definition) is 1. The first-order valence-corrected chi connectivity index (χ1v) is 9.67. The summed E-state index contributed by atoms with van der Waals surface area (Å²) in [7, 11) is 0. The number of fused-ring (bicyclic) bond motifs is 2. The van der Waals surface area contributed by atoms with Gasteiger partial charge < -0.3 is 19.1 Å². The molecule has 28 heavy (non-hydrogen) atoms. The second-order valence-corrected chi connectivity index (χ2v) is 7.21. The van der Waals surface area contributed by atoms with E-state index in [4.69, 9.17) is 21.1 Å². The molecule has 0 unspecified atom stereocenters. The Morgan fingerprint density at radius 2 is 2.04 bits per heavy atom. The van der Waals surface area contributed by atoms with Crippen molar-refractivity contribution >= 4 is 28.6 Å². The highest BCUT2D eigenvalue weighted by Crippen LogP contribution is 2.26. The Kier molecular flexibility index (Phi) is 5.50. The lowest BCUT2D eigenvalue weighted by Gasteiger charge is -2.10. The minimum absolute atomic E-state index is 0.00131. The lowest BCUT2D eigenvalue weighted by molar-refractivity contribution is -0.147. The van der Waals surface area contributed by atoms with Crippen molar-refractivity contribution in [2.75, 3.05) is 13.2 Å². The number of aryl methyl sites for hydroxylation is 2. The Labute approximate surface area is 167 Å². The number of imidazole rings is 1. The molecule has 0 saturated carbocycles. The van der Waals surface area contributed by atoms with Crippen LogP contribution in [0.4, 0.5) is 0 Å². The zero-order chi connectivity index (χ0) is 19.5. The maximum Gasteiger partial charge on any atom is 0.344 e. The number of rotatable bonds is 7. The van der Waals surface area contributed by atoms with E-state index in [2.05, 4.69) is 11.1 Å². The Hall–Kier alpha value is -2.57. The molecule has 0 amide bonds. The van der Waals surface area contributed by atoms with Gasteiger partial charge in [0.15, 0.2) is 6.61 Å². The molecular weight excluding hydrogens is 380 g/mol. The Bertz CT molecular complexity index is 1020. The van der Waals surface area contributed by atoms with Crippen molar-refractivity contribution in [1.82, 2.24) is 9.55 Å². The predicted molar refractivity (Wildman–Crippen MR) is 106 cm³/mol. The second kappa shape index (κ2) is 8.20. The second-order valence-electron chi connectivity index (χ2n) is 6.77. The fourth-order valence-corrected chi connectivity index (χ4v) is 3.74. The van der Waals surface area contributed by atoms with Gasteiger partial charge in [-0.05, 0) is 60.7 Å². The van der Waals surface area contributed by atoms with Crippen LogP contribution in [-0.2, 0) is 35.5 Å². The molecule has 0 atom stereocenters. The monoisotopic (exact) mass is 400 g/mol. The number of aliphatic hydroxyl groups is 1. The van der Waals surface area contributed by atoms with Crippen molar-refractivity contribution in [1.29, 1.82) is 0 Å². The topological polar surface area (TPSA) is 73.6 Å². The molecule has 2 aromatic carbocycles. The van der Waals surface area contributed by atoms with Gasteiger partial charge >= 0.3 is 5.97 Å². The first kappa shape index (κ1) is 18.8. The van der Waals surface area contributed by atoms with E-state index in [0.29, 0.717) is 23.1 Å². The van der Waals surface area contributed by atoms with Crippen LogP contribution in [-0.4, -0.2) is 33.8 Å². The molecule has 0 spiro atoms. The number of aromatic nitrogens is 2. The van der Waals surface area contributed by atoms with E-state index in [1.807, 2.05) is 12.1 Å². The zero-order valence-electron chi connectivity index (χ0n) is 15.4. The molecule has 1 N–H and O–H groups in total. The van der Waals surface area contributed by atoms with Gasteiger partial charge in [-0.1, -0.05) is 17.7 Å². The van der Waals surface area contributed by atoms with Crippen molar-refractivity contribution < 1.29 is 19.4 Å². The van der Waals surface area contributed by atoms with Gasteiger partial charge in [-0.2, -0.15) is 0 Å². The molecule has 1 aliphatic carbocycles. The molecule has 0 bridgehead atoms. The van der Waals surface area contributed by atoms with Crippen LogP contribution in [0.15, 0.2) is 36.4 Å². The summed E-state index contributed by atoms with van der Waals surface area (Å²) in [5.74, 6) is 0.762. The number of ether oxygens (including phenoxy) is 2. The maximum atomic E-state index is 12.1. The molecular formula is C21H21ClN2O4. The van der Waals surface area contributed by atoms with Gasteiger partial charge in [0.05, 0.1) is 17.6 Å². The molecule has 0 saturated heterocycles. The van der Waals surface area contributed by atoms with Crippen LogP contribution in [0.5, 0.6) is 5.75 Å². The van der Waals surface area contributed by atoms with Crippen LogP contribution in [0.3, 0.4) is 0 Å². The summed E-state index contributed by atoms with van der Waals surface area (Å²) in [6.45, 7) is 0.124. The fraction of sp³-hybridized carbons (Fsp3) is 0.333. The van der Waals surface area contributed by atoms with Crippen LogP contribution in [0.1, 0.15) is 23.4 Å². The number of carbonyl (C=O) groups excluding carboxylic acids is 1. The largest absolute Gasteiger partial charge is 0.482 e. The summed E-state index contributed by atoms with van der Waals surface area (Å²) in [5.41, 5.74) is 4.18. The Balaban J connectivity index is 1.38. The smallest absolute Gasteiger partial charge is 0.344 e. The normalized spacial score (nSPS) is 12.9. The van der Waals surface area contributed by atoms with Crippen molar-refractivity contribution in [2.45, 2.75) is 32.4 Å². The average Bonchev–Trinajstić information content (AvgIpc) is 3.29. The zero-order valence-corrected chi connectivity index (χ0v) is 16.1. The molecule has 0 radical (unpaired) electrons. The minimum atomic E-state index is -0.471. The number of nitrogens with zero attached hydrogens (tertiary/aromatic N) is 2. The molecule has 1 heterocycles. The number of aliphatic hydroxyl groups excluding tert-OH is 1. The molecule has 7 heteroatoms. The van der Waals surface area contributed by atoms with E-state index in [1.54, 1.807) is 22.8 Å². The average molecular weight is 401 g/mol. The van der Waals surface area contributed by atoms with Crippen molar-refractivity contribution in [2.24, 2.45) is 0 Å². The molecule has 4 rings (SSSR count). The van der Waals surface area contributed by atoms with Crippen LogP contribution in [0.2, 0.25) is 5.02 Å². The summed E-state index contributed by atoms with van der Waals surface area (Å²) in [4.78, 5) is 16.6. The SMILES string of the molecule is O=C(COc1ccc2c(c1)CCC2)OCc1nc2ccc(Cl)cc2n1CCO. The highest BCUT2D eigenvalue weighted by Gasteiger charge is 2.15. The highest BCUT2D eigenvalue weighted by molar-refractivity contribution is 6.31. The van der Waals surface area contributed by atoms with Crippen molar-refractivity contribution in [3.63, 3.8) is 0 Å². The van der Waals surface area contributed by atoms with Crippen LogP contribution in [0.25, 0.3) is 11.0 Å². The van der Waals surface area contributed by atoms with Gasteiger partial charge in [-0.15, -0.1) is 0 Å². The van der Waals surface area contributed by atoms with Gasteiger partial charge in [0.2, 0.25) is 0 Å². The first-order valence-electron chi connectivity index (χ1n) is 9.30. The molecule has 1 aliphatic rings. The van der Waals surface area contributed by atoms with Gasteiger partial charge in [0.1, 0.15) is 18.2 Å². The molecule has 146 valence electrons. The number of hydrogen-bond acceptors (Lipinski definition) is 5. The lowest BCUT2D eigenvalue weighted by atomic mass is 10.1. The highest BCUT2D eigenvalue weighted by atomic mass is 35.5. The number of carbonyl (C=O) groups is 1. The quantitative estimate of drug-likeness (QED) is 0.616. The molecule has 0 fully saturated rings. The standard InChI is InChI=1S/C21H21ClN2O4/c22-16-5-7-18-19(11-16)24(8-9-25)20(23-18)12-28-21(26)13-27-17-6-4-14-2-1-3-15(14)10-17/h4-7,10-11,25H,1-3,8-9,12-13H2. The molecule has 3 aromatic rings. The van der Waals surface area contributed by atoms with Gasteiger partial charge in [-0.3, -0.25) is 0 Å². The van der Waals surface area contributed by atoms with E-state index in [9.17, 15) is 9.90 Å². The summed E-state index contributed by atoms with van der Waals surface area (Å²) in [6.07, 6.45) is 3.33. The molecule has 0 aliphatic heterocycles. The van der Waals surface area contributed by atoms with Crippen molar-refractivity contribution in [3.05, 3.63) is 58.4 Å². The first-order chi connectivity index (χ1) is 13.6. The van der Waals surface area contributed by atoms with E-state index in [-0.39, 0.29) is 19.8 Å². The van der Waals surface area contributed by atoms with Crippen LogP contribution >= 0.6 is 11.6 Å². The summed E-state index contributed by atoms with van der Waals surface area (Å²) >= 11 is 6.06. The van der Waals surface area contributed by atoms with E-state index in [0.717, 1.165) is 23.9 Å². The third-order valence-corrected chi connectivity index (χ3v) is 5.14. The third-order valence-electron chi connectivity index (χ3n) is 4.90. The lowest BCUT2D eigenvalue weighted by Crippen LogP contribution is -2.17. The van der Waals surface area contributed by atoms with Crippen molar-refractivity contribution in [3.8, 4) is 5.75 Å². The molecule has 1 aromatic heterocycles. The van der Waals surface area contributed by atoms with E-state index >= 15 is 0 Å². The molecule has 6 nitrogen and oxygen atoms in total. The number of esters is 1. The number of halogens is 1. The third kappa shape index (κ3) is 3.98. The van der Waals surface area contributed by atoms with E-state index < -0.39 is 5.97 Å².